The molecule has 6 heteroatoms. The number of fused-ring (bicyclic) bond motifs is 1. The lowest BCUT2D eigenvalue weighted by Crippen LogP contribution is -2.34. The lowest BCUT2D eigenvalue weighted by Gasteiger charge is -2.25. The molecule has 0 radical (unpaired) electrons. The van der Waals surface area contributed by atoms with Crippen LogP contribution in [0.5, 0.6) is 0 Å². The van der Waals surface area contributed by atoms with Crippen LogP contribution in [-0.4, -0.2) is 24.2 Å². The van der Waals surface area contributed by atoms with Crippen LogP contribution in [0.3, 0.4) is 0 Å². The van der Waals surface area contributed by atoms with Crippen LogP contribution < -0.4 is 15.5 Å². The van der Waals surface area contributed by atoms with E-state index in [0.717, 1.165) is 19.4 Å². The number of hydrogen-bond acceptors (Lipinski definition) is 2. The Bertz CT molecular complexity index is 746. The summed E-state index contributed by atoms with van der Waals surface area (Å²) in [6.45, 7) is 3.76. The maximum atomic E-state index is 13.6. The summed E-state index contributed by atoms with van der Waals surface area (Å²) in [5.41, 5.74) is 2.46. The predicted molar refractivity (Wildman–Crippen MR) is 102 cm³/mol. The van der Waals surface area contributed by atoms with E-state index in [4.69, 9.17) is 12.2 Å². The van der Waals surface area contributed by atoms with E-state index in [2.05, 4.69) is 46.7 Å². The topological polar surface area (TPSA) is 27.3 Å². The van der Waals surface area contributed by atoms with Crippen LogP contribution in [0.4, 0.5) is 20.2 Å². The quantitative estimate of drug-likeness (QED) is 0.620. The van der Waals surface area contributed by atoms with Crippen molar-refractivity contribution in [3.8, 4) is 0 Å². The summed E-state index contributed by atoms with van der Waals surface area (Å²) in [7, 11) is 0. The molecule has 3 rings (SSSR count). The molecular weight excluding hydrogens is 340 g/mol. The number of rotatable bonds is 5. The molecule has 1 aliphatic heterocycles. The van der Waals surface area contributed by atoms with Crippen molar-refractivity contribution in [3.05, 3.63) is 59.7 Å². The Balaban J connectivity index is 1.47. The molecule has 0 aliphatic carbocycles. The Labute approximate surface area is 152 Å². The summed E-state index contributed by atoms with van der Waals surface area (Å²) >= 11 is 5.12. The highest BCUT2D eigenvalue weighted by Crippen LogP contribution is 2.31. The highest BCUT2D eigenvalue weighted by molar-refractivity contribution is 7.80. The van der Waals surface area contributed by atoms with E-state index >= 15 is 0 Å². The zero-order valence-electron chi connectivity index (χ0n) is 14.1. The van der Waals surface area contributed by atoms with Gasteiger partial charge in [-0.15, -0.1) is 0 Å². The third-order valence-electron chi connectivity index (χ3n) is 4.41. The van der Waals surface area contributed by atoms with Crippen molar-refractivity contribution in [1.82, 2.24) is 5.32 Å². The molecule has 1 aliphatic rings. The summed E-state index contributed by atoms with van der Waals surface area (Å²) < 4.78 is 27.2. The average molecular weight is 361 g/mol. The van der Waals surface area contributed by atoms with Gasteiger partial charge in [0.15, 0.2) is 5.11 Å². The number of nitrogens with one attached hydrogen (secondary N) is 2. The van der Waals surface area contributed by atoms with Gasteiger partial charge in [-0.1, -0.05) is 24.3 Å². The van der Waals surface area contributed by atoms with E-state index < -0.39 is 11.6 Å². The van der Waals surface area contributed by atoms with Crippen molar-refractivity contribution in [2.24, 2.45) is 0 Å². The Kier molecular flexibility index (Phi) is 5.48. The molecule has 25 heavy (non-hydrogen) atoms. The summed E-state index contributed by atoms with van der Waals surface area (Å²) in [5.74, 6) is -1.32. The molecule has 1 heterocycles. The number of para-hydroxylation sites is 2. The average Bonchev–Trinajstić information content (AvgIpc) is 2.90. The minimum absolute atomic E-state index is 0.220. The van der Waals surface area contributed by atoms with Gasteiger partial charge >= 0.3 is 0 Å². The fourth-order valence-electron chi connectivity index (χ4n) is 3.20. The Morgan fingerprint density at radius 1 is 1.16 bits per heavy atom. The van der Waals surface area contributed by atoms with Gasteiger partial charge < -0.3 is 15.5 Å². The second-order valence-electron chi connectivity index (χ2n) is 6.21. The fraction of sp³-hybridized carbons (Fsp3) is 0.316. The van der Waals surface area contributed by atoms with Gasteiger partial charge in [0.25, 0.3) is 0 Å². The van der Waals surface area contributed by atoms with Crippen molar-refractivity contribution >= 4 is 28.7 Å². The number of benzene rings is 2. The van der Waals surface area contributed by atoms with E-state index in [9.17, 15) is 8.78 Å². The number of halogens is 2. The van der Waals surface area contributed by atoms with Crippen LogP contribution in [0.2, 0.25) is 0 Å². The SMILES string of the molecule is C[C@@H]1Cc2ccccc2N1CCCNC(=S)Nc1c(F)cccc1F. The second kappa shape index (κ2) is 7.78. The third kappa shape index (κ3) is 4.07. The molecule has 0 amide bonds. The van der Waals surface area contributed by atoms with Gasteiger partial charge in [-0.3, -0.25) is 0 Å². The van der Waals surface area contributed by atoms with Gasteiger partial charge in [-0.2, -0.15) is 0 Å². The van der Waals surface area contributed by atoms with Crippen LogP contribution in [0.1, 0.15) is 18.9 Å². The van der Waals surface area contributed by atoms with E-state index in [1.807, 2.05) is 0 Å². The largest absolute Gasteiger partial charge is 0.368 e. The van der Waals surface area contributed by atoms with Gasteiger partial charge in [0, 0.05) is 24.8 Å². The first-order valence-electron chi connectivity index (χ1n) is 8.39. The van der Waals surface area contributed by atoms with Crippen LogP contribution in [0, 0.1) is 11.6 Å². The van der Waals surface area contributed by atoms with Gasteiger partial charge in [0.1, 0.15) is 17.3 Å². The lowest BCUT2D eigenvalue weighted by atomic mass is 10.1. The first-order valence-corrected chi connectivity index (χ1v) is 8.80. The van der Waals surface area contributed by atoms with Crippen LogP contribution in [0.15, 0.2) is 42.5 Å². The van der Waals surface area contributed by atoms with Crippen LogP contribution >= 0.6 is 12.2 Å². The Morgan fingerprint density at radius 3 is 2.64 bits per heavy atom. The molecule has 3 nitrogen and oxygen atoms in total. The monoisotopic (exact) mass is 361 g/mol. The number of hydrogen-bond donors (Lipinski definition) is 2. The molecule has 0 saturated carbocycles. The Morgan fingerprint density at radius 2 is 1.88 bits per heavy atom. The normalized spacial score (nSPS) is 15.8. The van der Waals surface area contributed by atoms with Crippen molar-refractivity contribution < 1.29 is 8.78 Å². The Hall–Kier alpha value is -2.21. The van der Waals surface area contributed by atoms with Crippen LogP contribution in [-0.2, 0) is 6.42 Å². The van der Waals surface area contributed by atoms with Crippen molar-refractivity contribution in [3.63, 3.8) is 0 Å². The van der Waals surface area contributed by atoms with Gasteiger partial charge in [0.05, 0.1) is 0 Å². The molecule has 2 aromatic rings. The zero-order chi connectivity index (χ0) is 17.8. The summed E-state index contributed by atoms with van der Waals surface area (Å²) in [5, 5.41) is 5.82. The van der Waals surface area contributed by atoms with Crippen molar-refractivity contribution in [1.29, 1.82) is 0 Å². The molecule has 0 unspecified atom stereocenters. The summed E-state index contributed by atoms with van der Waals surface area (Å²) in [4.78, 5) is 2.39. The molecule has 0 aromatic heterocycles. The van der Waals surface area contributed by atoms with Crippen molar-refractivity contribution in [2.45, 2.75) is 25.8 Å². The maximum Gasteiger partial charge on any atom is 0.170 e. The fourth-order valence-corrected chi connectivity index (χ4v) is 3.40. The standard InChI is InChI=1S/C19H21F2N3S/c1-13-12-14-6-2-3-9-17(14)24(13)11-5-10-22-19(25)23-18-15(20)7-4-8-16(18)21/h2-4,6-9,13H,5,10-12H2,1H3,(H2,22,23,25)/t13-/m1/s1. The first-order chi connectivity index (χ1) is 12.1. The highest BCUT2D eigenvalue weighted by Gasteiger charge is 2.24. The molecule has 1 atom stereocenters. The molecule has 2 aromatic carbocycles. The first kappa shape index (κ1) is 17.6. The molecule has 0 saturated heterocycles. The van der Waals surface area contributed by atoms with E-state index in [0.29, 0.717) is 12.6 Å². The molecule has 132 valence electrons. The van der Waals surface area contributed by atoms with E-state index in [1.165, 1.54) is 29.4 Å². The number of thiocarbonyl (C=S) groups is 1. The van der Waals surface area contributed by atoms with Crippen molar-refractivity contribution in [2.75, 3.05) is 23.3 Å². The van der Waals surface area contributed by atoms with Gasteiger partial charge in [0.2, 0.25) is 0 Å². The van der Waals surface area contributed by atoms with Crippen LogP contribution in [0.25, 0.3) is 0 Å². The second-order valence-corrected chi connectivity index (χ2v) is 6.61. The molecule has 0 fully saturated rings. The van der Waals surface area contributed by atoms with E-state index in [-0.39, 0.29) is 10.8 Å². The third-order valence-corrected chi connectivity index (χ3v) is 4.66. The predicted octanol–water partition coefficient (Wildman–Crippen LogP) is 4.09. The molecular formula is C19H21F2N3S. The zero-order valence-corrected chi connectivity index (χ0v) is 14.9. The maximum absolute atomic E-state index is 13.6. The van der Waals surface area contributed by atoms with Gasteiger partial charge in [-0.05, 0) is 55.7 Å². The van der Waals surface area contributed by atoms with Gasteiger partial charge in [-0.25, -0.2) is 8.78 Å². The smallest absolute Gasteiger partial charge is 0.170 e. The minimum Gasteiger partial charge on any atom is -0.368 e. The molecule has 2 N–H and O–H groups in total. The van der Waals surface area contributed by atoms with E-state index in [1.54, 1.807) is 0 Å². The summed E-state index contributed by atoms with van der Waals surface area (Å²) in [6, 6.07) is 12.6. The minimum atomic E-state index is -0.661. The number of anilines is 2. The number of nitrogens with zero attached hydrogens (tertiary/aromatic N) is 1. The highest BCUT2D eigenvalue weighted by atomic mass is 32.1. The molecule has 0 bridgehead atoms. The summed E-state index contributed by atoms with van der Waals surface area (Å²) in [6.07, 6.45) is 1.94. The molecule has 0 spiro atoms. The lowest BCUT2D eigenvalue weighted by molar-refractivity contribution is 0.591.